The van der Waals surface area contributed by atoms with Crippen LogP contribution in [-0.2, 0) is 9.05 Å². The van der Waals surface area contributed by atoms with Gasteiger partial charge in [0, 0.05) is 20.8 Å². The lowest BCUT2D eigenvalue weighted by Gasteiger charge is -1.93. The average molecular weight is 302 g/mol. The van der Waals surface area contributed by atoms with Gasteiger partial charge in [-0.15, -0.1) is 11.3 Å². The summed E-state index contributed by atoms with van der Waals surface area (Å²) in [5.41, 5.74) is 0. The summed E-state index contributed by atoms with van der Waals surface area (Å²) in [6.07, 6.45) is 0. The van der Waals surface area contributed by atoms with Gasteiger partial charge in [0.1, 0.15) is 0 Å². The Labute approximate surface area is 105 Å². The second kappa shape index (κ2) is 3.79. The van der Waals surface area contributed by atoms with Gasteiger partial charge in [0.25, 0.3) is 9.05 Å². The quantitative estimate of drug-likeness (QED) is 0.742. The minimum Gasteiger partial charge on any atom is -0.206 e. The first-order valence-electron chi connectivity index (χ1n) is 3.72. The molecule has 2 nitrogen and oxygen atoms in total. The van der Waals surface area contributed by atoms with Crippen molar-refractivity contribution in [3.05, 3.63) is 28.2 Å². The Balaban J connectivity index is 2.94. The molecule has 7 heteroatoms. The Kier molecular flexibility index (Phi) is 2.90. The highest BCUT2D eigenvalue weighted by atomic mass is 35.7. The zero-order chi connectivity index (χ0) is 11.2. The molecule has 80 valence electrons. The van der Waals surface area contributed by atoms with Crippen molar-refractivity contribution in [2.75, 3.05) is 0 Å². The summed E-state index contributed by atoms with van der Waals surface area (Å²) in [6.45, 7) is 0. The predicted octanol–water partition coefficient (Wildman–Crippen LogP) is 4.14. The van der Waals surface area contributed by atoms with E-state index < -0.39 is 9.05 Å². The van der Waals surface area contributed by atoms with Crippen LogP contribution in [0.25, 0.3) is 10.1 Å². The standard InChI is InChI=1S/C8H3Cl3O2S2/c9-4-2-1-3-5-6(4)7(10)8(14-5)15(11,12)13/h1-3H. The van der Waals surface area contributed by atoms with Crippen molar-refractivity contribution in [2.45, 2.75) is 4.21 Å². The van der Waals surface area contributed by atoms with Gasteiger partial charge in [-0.2, -0.15) is 0 Å². The number of hydrogen-bond donors (Lipinski definition) is 0. The maximum absolute atomic E-state index is 11.2. The van der Waals surface area contributed by atoms with Crippen LogP contribution in [0.15, 0.2) is 22.4 Å². The van der Waals surface area contributed by atoms with Gasteiger partial charge < -0.3 is 0 Å². The molecule has 1 heterocycles. The van der Waals surface area contributed by atoms with Crippen LogP contribution in [0.4, 0.5) is 0 Å². The summed E-state index contributed by atoms with van der Waals surface area (Å²) in [5, 5.41) is 1.04. The Morgan fingerprint density at radius 1 is 1.20 bits per heavy atom. The first-order chi connectivity index (χ1) is 6.91. The van der Waals surface area contributed by atoms with Crippen LogP contribution in [0, 0.1) is 0 Å². The molecule has 0 saturated heterocycles. The van der Waals surface area contributed by atoms with Gasteiger partial charge in [0.2, 0.25) is 0 Å². The van der Waals surface area contributed by atoms with Crippen molar-refractivity contribution in [1.82, 2.24) is 0 Å². The number of thiophene rings is 1. The molecule has 2 rings (SSSR count). The third-order valence-electron chi connectivity index (χ3n) is 1.80. The van der Waals surface area contributed by atoms with Gasteiger partial charge in [0.15, 0.2) is 4.21 Å². The van der Waals surface area contributed by atoms with Crippen molar-refractivity contribution < 1.29 is 8.42 Å². The lowest BCUT2D eigenvalue weighted by Crippen LogP contribution is -1.85. The Bertz CT molecular complexity index is 631. The van der Waals surface area contributed by atoms with Crippen LogP contribution >= 0.6 is 45.2 Å². The van der Waals surface area contributed by atoms with Crippen LogP contribution in [-0.4, -0.2) is 8.42 Å². The highest BCUT2D eigenvalue weighted by Gasteiger charge is 2.21. The molecule has 0 aliphatic heterocycles. The number of halogens is 3. The van der Waals surface area contributed by atoms with Crippen LogP contribution < -0.4 is 0 Å². The van der Waals surface area contributed by atoms with E-state index in [0.717, 1.165) is 11.3 Å². The Hall–Kier alpha value is -0.000000000000000111. The first-order valence-corrected chi connectivity index (χ1v) is 7.60. The molecule has 0 aliphatic rings. The highest BCUT2D eigenvalue weighted by molar-refractivity contribution is 8.15. The summed E-state index contributed by atoms with van der Waals surface area (Å²) in [6, 6.07) is 5.11. The van der Waals surface area contributed by atoms with Gasteiger partial charge in [-0.1, -0.05) is 29.3 Å². The minimum atomic E-state index is -3.81. The molecule has 2 aromatic rings. The molecule has 0 bridgehead atoms. The fraction of sp³-hybridized carbons (Fsp3) is 0. The number of rotatable bonds is 1. The summed E-state index contributed by atoms with van der Waals surface area (Å²) in [5.74, 6) is 0. The van der Waals surface area contributed by atoms with Gasteiger partial charge in [-0.05, 0) is 12.1 Å². The molecule has 0 fully saturated rings. The summed E-state index contributed by atoms with van der Waals surface area (Å²) >= 11 is 12.8. The summed E-state index contributed by atoms with van der Waals surface area (Å²) < 4.78 is 23.0. The van der Waals surface area contributed by atoms with E-state index in [9.17, 15) is 8.42 Å². The fourth-order valence-corrected chi connectivity index (χ4v) is 4.73. The van der Waals surface area contributed by atoms with Gasteiger partial charge >= 0.3 is 0 Å². The van der Waals surface area contributed by atoms with Crippen LogP contribution in [0.1, 0.15) is 0 Å². The van der Waals surface area contributed by atoms with Crippen molar-refractivity contribution in [2.24, 2.45) is 0 Å². The third-order valence-corrected chi connectivity index (χ3v) is 5.96. The maximum atomic E-state index is 11.2. The molecule has 15 heavy (non-hydrogen) atoms. The number of benzene rings is 1. The lowest BCUT2D eigenvalue weighted by atomic mass is 10.3. The summed E-state index contributed by atoms with van der Waals surface area (Å²) in [7, 11) is 1.43. The molecule has 0 atom stereocenters. The topological polar surface area (TPSA) is 34.1 Å². The van der Waals surface area contributed by atoms with E-state index in [4.69, 9.17) is 33.9 Å². The van der Waals surface area contributed by atoms with Crippen molar-refractivity contribution in [3.63, 3.8) is 0 Å². The molecule has 0 aliphatic carbocycles. The first kappa shape index (κ1) is 11.5. The van der Waals surface area contributed by atoms with E-state index in [1.54, 1.807) is 18.2 Å². The molecule has 0 N–H and O–H groups in total. The molecule has 0 spiro atoms. The van der Waals surface area contributed by atoms with E-state index in [0.29, 0.717) is 15.1 Å². The minimum absolute atomic E-state index is 0.0612. The van der Waals surface area contributed by atoms with Crippen molar-refractivity contribution in [3.8, 4) is 0 Å². The van der Waals surface area contributed by atoms with E-state index in [1.807, 2.05) is 0 Å². The largest absolute Gasteiger partial charge is 0.272 e. The number of fused-ring (bicyclic) bond motifs is 1. The summed E-state index contributed by atoms with van der Waals surface area (Å²) in [4.78, 5) is 0. The molecular weight excluding hydrogens is 299 g/mol. The zero-order valence-corrected chi connectivity index (χ0v) is 10.9. The number of hydrogen-bond acceptors (Lipinski definition) is 3. The SMILES string of the molecule is O=S(=O)(Cl)c1sc2cccc(Cl)c2c1Cl. The van der Waals surface area contributed by atoms with E-state index >= 15 is 0 Å². The lowest BCUT2D eigenvalue weighted by molar-refractivity contribution is 0.611. The molecule has 0 saturated carbocycles. The molecule has 0 unspecified atom stereocenters. The Morgan fingerprint density at radius 2 is 1.87 bits per heavy atom. The van der Waals surface area contributed by atoms with E-state index in [1.165, 1.54) is 0 Å². The van der Waals surface area contributed by atoms with Gasteiger partial charge in [0.05, 0.1) is 10.0 Å². The van der Waals surface area contributed by atoms with E-state index in [2.05, 4.69) is 0 Å². The van der Waals surface area contributed by atoms with Crippen LogP contribution in [0.3, 0.4) is 0 Å². The van der Waals surface area contributed by atoms with E-state index in [-0.39, 0.29) is 9.23 Å². The predicted molar refractivity (Wildman–Crippen MR) is 64.9 cm³/mol. The van der Waals surface area contributed by atoms with Crippen LogP contribution in [0.2, 0.25) is 10.0 Å². The maximum Gasteiger partial charge on any atom is 0.272 e. The molecule has 0 amide bonds. The zero-order valence-electron chi connectivity index (χ0n) is 7.00. The molecular formula is C8H3Cl3O2S2. The normalized spacial score (nSPS) is 12.2. The molecule has 1 aromatic carbocycles. The Morgan fingerprint density at radius 3 is 2.40 bits per heavy atom. The van der Waals surface area contributed by atoms with Gasteiger partial charge in [-0.25, -0.2) is 8.42 Å². The monoisotopic (exact) mass is 300 g/mol. The second-order valence-electron chi connectivity index (χ2n) is 2.75. The second-order valence-corrected chi connectivity index (χ2v) is 7.35. The average Bonchev–Trinajstić information content (AvgIpc) is 2.44. The smallest absolute Gasteiger partial charge is 0.206 e. The van der Waals surface area contributed by atoms with Crippen molar-refractivity contribution in [1.29, 1.82) is 0 Å². The van der Waals surface area contributed by atoms with Gasteiger partial charge in [-0.3, -0.25) is 0 Å². The highest BCUT2D eigenvalue weighted by Crippen LogP contribution is 2.42. The molecule has 1 aromatic heterocycles. The molecule has 0 radical (unpaired) electrons. The third kappa shape index (κ3) is 1.97. The van der Waals surface area contributed by atoms with Crippen LogP contribution in [0.5, 0.6) is 0 Å². The fourth-order valence-electron chi connectivity index (χ4n) is 1.21. The van der Waals surface area contributed by atoms with Crippen molar-refractivity contribution >= 4 is 64.4 Å².